The normalized spacial score (nSPS) is 16.0. The predicted octanol–water partition coefficient (Wildman–Crippen LogP) is 1.60. The number of H-pyrrole nitrogens is 1. The van der Waals surface area contributed by atoms with E-state index in [4.69, 9.17) is 4.74 Å². The minimum atomic E-state index is -0.195. The molecule has 1 amide bonds. The Kier molecular flexibility index (Phi) is 3.37. The lowest BCUT2D eigenvalue weighted by Crippen LogP contribution is -2.34. The maximum Gasteiger partial charge on any atom is 0.326 e. The second-order valence-electron chi connectivity index (χ2n) is 5.98. The SMILES string of the molecule is Cn1c(=O)[nH]c2cc(C(=O)NCC3Cc4ccccc4O3)ccc21. The molecule has 1 aromatic heterocycles. The highest BCUT2D eigenvalue weighted by Crippen LogP contribution is 2.27. The number of nitrogens with zero attached hydrogens (tertiary/aromatic N) is 1. The first-order valence-corrected chi connectivity index (χ1v) is 7.83. The molecule has 1 atom stereocenters. The molecule has 1 aliphatic heterocycles. The Morgan fingerprint density at radius 1 is 1.33 bits per heavy atom. The number of para-hydroxylation sites is 1. The molecule has 6 heteroatoms. The highest BCUT2D eigenvalue weighted by atomic mass is 16.5. The van der Waals surface area contributed by atoms with Gasteiger partial charge in [-0.25, -0.2) is 4.79 Å². The maximum absolute atomic E-state index is 12.3. The van der Waals surface area contributed by atoms with E-state index in [2.05, 4.69) is 10.3 Å². The second kappa shape index (κ2) is 5.56. The summed E-state index contributed by atoms with van der Waals surface area (Å²) in [6.45, 7) is 0.441. The van der Waals surface area contributed by atoms with Gasteiger partial charge < -0.3 is 15.0 Å². The highest BCUT2D eigenvalue weighted by molar-refractivity contribution is 5.97. The number of aryl methyl sites for hydroxylation is 1. The van der Waals surface area contributed by atoms with E-state index < -0.39 is 0 Å². The van der Waals surface area contributed by atoms with Crippen LogP contribution in [0, 0.1) is 0 Å². The van der Waals surface area contributed by atoms with Crippen LogP contribution in [0.1, 0.15) is 15.9 Å². The van der Waals surface area contributed by atoms with Gasteiger partial charge in [0.25, 0.3) is 5.91 Å². The van der Waals surface area contributed by atoms with Crippen LogP contribution in [0.15, 0.2) is 47.3 Å². The van der Waals surface area contributed by atoms with Crippen LogP contribution in [0.5, 0.6) is 5.75 Å². The third-order valence-corrected chi connectivity index (χ3v) is 4.37. The quantitative estimate of drug-likeness (QED) is 0.769. The molecule has 0 saturated heterocycles. The van der Waals surface area contributed by atoms with Crippen molar-refractivity contribution < 1.29 is 9.53 Å². The van der Waals surface area contributed by atoms with Gasteiger partial charge in [-0.05, 0) is 29.8 Å². The molecule has 0 saturated carbocycles. The summed E-state index contributed by atoms with van der Waals surface area (Å²) in [5.74, 6) is 0.709. The molecule has 0 fully saturated rings. The Bertz CT molecular complexity index is 962. The Balaban J connectivity index is 1.44. The largest absolute Gasteiger partial charge is 0.488 e. The summed E-state index contributed by atoms with van der Waals surface area (Å²) in [5.41, 5.74) is 2.91. The van der Waals surface area contributed by atoms with Crippen LogP contribution in [0.3, 0.4) is 0 Å². The number of nitrogens with one attached hydrogen (secondary N) is 2. The average Bonchev–Trinajstić information content (AvgIpc) is 3.13. The number of hydrogen-bond donors (Lipinski definition) is 2. The van der Waals surface area contributed by atoms with Gasteiger partial charge in [-0.15, -0.1) is 0 Å². The van der Waals surface area contributed by atoms with Crippen molar-refractivity contribution in [1.82, 2.24) is 14.9 Å². The number of benzene rings is 2. The fraction of sp³-hybridized carbons (Fsp3) is 0.222. The molecule has 2 N–H and O–H groups in total. The van der Waals surface area contributed by atoms with Crippen molar-refractivity contribution in [1.29, 1.82) is 0 Å². The third kappa shape index (κ3) is 2.46. The molecule has 0 aliphatic carbocycles. The number of carbonyl (C=O) groups is 1. The molecule has 0 bridgehead atoms. The molecular weight excluding hydrogens is 306 g/mol. The van der Waals surface area contributed by atoms with Crippen LogP contribution in [-0.2, 0) is 13.5 Å². The van der Waals surface area contributed by atoms with Crippen LogP contribution in [0.25, 0.3) is 11.0 Å². The summed E-state index contributed by atoms with van der Waals surface area (Å²) in [6.07, 6.45) is 0.744. The van der Waals surface area contributed by atoms with Crippen molar-refractivity contribution in [2.45, 2.75) is 12.5 Å². The monoisotopic (exact) mass is 323 g/mol. The number of amides is 1. The molecule has 24 heavy (non-hydrogen) atoms. The van der Waals surface area contributed by atoms with Crippen molar-refractivity contribution in [2.24, 2.45) is 7.05 Å². The summed E-state index contributed by atoms with van der Waals surface area (Å²) in [4.78, 5) is 26.7. The van der Waals surface area contributed by atoms with Gasteiger partial charge in [0.1, 0.15) is 11.9 Å². The first-order chi connectivity index (χ1) is 11.6. The lowest BCUT2D eigenvalue weighted by atomic mass is 10.1. The molecule has 0 spiro atoms. The topological polar surface area (TPSA) is 76.1 Å². The predicted molar refractivity (Wildman–Crippen MR) is 90.4 cm³/mol. The zero-order chi connectivity index (χ0) is 16.7. The summed E-state index contributed by atoms with van der Waals surface area (Å²) < 4.78 is 7.33. The number of hydrogen-bond acceptors (Lipinski definition) is 3. The van der Waals surface area contributed by atoms with Gasteiger partial charge in [0, 0.05) is 19.0 Å². The van der Waals surface area contributed by atoms with Crippen molar-refractivity contribution in [3.05, 3.63) is 64.1 Å². The molecule has 1 unspecified atom stereocenters. The van der Waals surface area contributed by atoms with Crippen LogP contribution in [0.2, 0.25) is 0 Å². The Morgan fingerprint density at radius 3 is 3.00 bits per heavy atom. The summed E-state index contributed by atoms with van der Waals surface area (Å²) in [5, 5.41) is 2.90. The number of rotatable bonds is 3. The number of aromatic nitrogens is 2. The standard InChI is InChI=1S/C18H17N3O3/c1-21-15-7-6-12(9-14(15)20-18(21)23)17(22)19-10-13-8-11-4-2-3-5-16(11)24-13/h2-7,9,13H,8,10H2,1H3,(H,19,22)(H,20,23). The van der Waals surface area contributed by atoms with Gasteiger partial charge in [0.15, 0.2) is 0 Å². The molecule has 2 aromatic carbocycles. The van der Waals surface area contributed by atoms with Crippen molar-refractivity contribution in [3.63, 3.8) is 0 Å². The second-order valence-corrected chi connectivity index (χ2v) is 5.98. The summed E-state index contributed by atoms with van der Waals surface area (Å²) in [6, 6.07) is 13.1. The molecule has 6 nitrogen and oxygen atoms in total. The van der Waals surface area contributed by atoms with Crippen LogP contribution >= 0.6 is 0 Å². The van der Waals surface area contributed by atoms with E-state index >= 15 is 0 Å². The van der Waals surface area contributed by atoms with Gasteiger partial charge in [-0.3, -0.25) is 9.36 Å². The Morgan fingerprint density at radius 2 is 2.17 bits per heavy atom. The molecule has 0 radical (unpaired) electrons. The van der Waals surface area contributed by atoms with Gasteiger partial charge in [0.2, 0.25) is 0 Å². The Labute approximate surface area is 138 Å². The van der Waals surface area contributed by atoms with Crippen molar-refractivity contribution in [2.75, 3.05) is 6.54 Å². The third-order valence-electron chi connectivity index (χ3n) is 4.37. The average molecular weight is 323 g/mol. The van der Waals surface area contributed by atoms with E-state index in [1.54, 1.807) is 25.2 Å². The molecule has 3 aromatic rings. The molecule has 4 rings (SSSR count). The number of carbonyl (C=O) groups excluding carboxylic acids is 1. The van der Waals surface area contributed by atoms with Crippen LogP contribution < -0.4 is 15.7 Å². The van der Waals surface area contributed by atoms with Gasteiger partial charge >= 0.3 is 5.69 Å². The maximum atomic E-state index is 12.3. The van der Waals surface area contributed by atoms with E-state index in [0.717, 1.165) is 17.7 Å². The smallest absolute Gasteiger partial charge is 0.326 e. The van der Waals surface area contributed by atoms with E-state index in [0.29, 0.717) is 17.6 Å². The number of aromatic amines is 1. The van der Waals surface area contributed by atoms with E-state index in [1.165, 1.54) is 10.1 Å². The molecule has 2 heterocycles. The molecule has 1 aliphatic rings. The van der Waals surface area contributed by atoms with E-state index in [-0.39, 0.29) is 17.7 Å². The fourth-order valence-corrected chi connectivity index (χ4v) is 3.05. The zero-order valence-electron chi connectivity index (χ0n) is 13.2. The molecule has 122 valence electrons. The minimum Gasteiger partial charge on any atom is -0.488 e. The van der Waals surface area contributed by atoms with Crippen LogP contribution in [0.4, 0.5) is 0 Å². The van der Waals surface area contributed by atoms with Crippen LogP contribution in [-0.4, -0.2) is 28.1 Å². The zero-order valence-corrected chi connectivity index (χ0v) is 13.2. The fourth-order valence-electron chi connectivity index (χ4n) is 3.05. The Hall–Kier alpha value is -3.02. The van der Waals surface area contributed by atoms with Gasteiger partial charge in [-0.2, -0.15) is 0 Å². The highest BCUT2D eigenvalue weighted by Gasteiger charge is 2.22. The molecular formula is C18H17N3O3. The summed E-state index contributed by atoms with van der Waals surface area (Å²) in [7, 11) is 1.69. The van der Waals surface area contributed by atoms with Gasteiger partial charge in [0.05, 0.1) is 17.6 Å². The van der Waals surface area contributed by atoms with Gasteiger partial charge in [-0.1, -0.05) is 18.2 Å². The van der Waals surface area contributed by atoms with E-state index in [1.807, 2.05) is 24.3 Å². The first-order valence-electron chi connectivity index (χ1n) is 7.83. The number of ether oxygens (including phenoxy) is 1. The number of fused-ring (bicyclic) bond motifs is 2. The first kappa shape index (κ1) is 14.6. The minimum absolute atomic E-state index is 0.0494. The lowest BCUT2D eigenvalue weighted by molar-refractivity contribution is 0.0933. The van der Waals surface area contributed by atoms with Crippen molar-refractivity contribution >= 4 is 16.9 Å². The van der Waals surface area contributed by atoms with E-state index in [9.17, 15) is 9.59 Å². The lowest BCUT2D eigenvalue weighted by Gasteiger charge is -2.12. The summed E-state index contributed by atoms with van der Waals surface area (Å²) >= 11 is 0. The number of imidazole rings is 1. The van der Waals surface area contributed by atoms with Crippen molar-refractivity contribution in [3.8, 4) is 5.75 Å².